The topological polar surface area (TPSA) is 46.6 Å². The van der Waals surface area contributed by atoms with Crippen molar-refractivity contribution in [3.8, 4) is 5.75 Å². The number of ether oxygens (including phenoxy) is 1. The van der Waals surface area contributed by atoms with Gasteiger partial charge >= 0.3 is 0 Å². The van der Waals surface area contributed by atoms with Gasteiger partial charge in [0, 0.05) is 24.6 Å². The van der Waals surface area contributed by atoms with Gasteiger partial charge in [-0.2, -0.15) is 0 Å². The molecule has 1 saturated heterocycles. The van der Waals surface area contributed by atoms with E-state index in [1.54, 1.807) is 31.4 Å². The van der Waals surface area contributed by atoms with Crippen LogP contribution >= 0.6 is 0 Å². The number of nitrogens with zero attached hydrogens (tertiary/aromatic N) is 1. The first kappa shape index (κ1) is 16.2. The van der Waals surface area contributed by atoms with E-state index in [0.29, 0.717) is 30.1 Å². The van der Waals surface area contributed by atoms with Crippen LogP contribution in [0.25, 0.3) is 0 Å². The molecule has 0 bridgehead atoms. The highest BCUT2D eigenvalue weighted by Crippen LogP contribution is 2.29. The van der Waals surface area contributed by atoms with Crippen LogP contribution in [-0.2, 0) is 0 Å². The fourth-order valence-corrected chi connectivity index (χ4v) is 3.24. The molecule has 4 nitrogen and oxygen atoms in total. The van der Waals surface area contributed by atoms with Crippen molar-refractivity contribution < 1.29 is 14.3 Å². The molecule has 1 amide bonds. The number of hydrogen-bond donors (Lipinski definition) is 0. The van der Waals surface area contributed by atoms with E-state index in [4.69, 9.17) is 4.74 Å². The van der Waals surface area contributed by atoms with E-state index in [0.717, 1.165) is 12.2 Å². The van der Waals surface area contributed by atoms with Crippen molar-refractivity contribution in [3.63, 3.8) is 0 Å². The standard InChI is InChI=1S/C20H21NO3/c1-14(22)18-5-3-4-6-19(18)20(23)21-12-11-16(13-21)15-7-9-17(24-2)10-8-15/h3-10,16H,11-13H2,1-2H3/t16-/m0/s1. The van der Waals surface area contributed by atoms with Crippen molar-refractivity contribution in [2.45, 2.75) is 19.3 Å². The lowest BCUT2D eigenvalue weighted by molar-refractivity contribution is 0.0785. The molecule has 1 heterocycles. The van der Waals surface area contributed by atoms with Crippen LogP contribution in [0.3, 0.4) is 0 Å². The fourth-order valence-electron chi connectivity index (χ4n) is 3.24. The molecule has 124 valence electrons. The minimum absolute atomic E-state index is 0.0585. The second-order valence-corrected chi connectivity index (χ2v) is 6.11. The van der Waals surface area contributed by atoms with Gasteiger partial charge in [0.2, 0.25) is 0 Å². The minimum Gasteiger partial charge on any atom is -0.497 e. The van der Waals surface area contributed by atoms with Crippen LogP contribution in [0.2, 0.25) is 0 Å². The van der Waals surface area contributed by atoms with Gasteiger partial charge in [-0.3, -0.25) is 9.59 Å². The quantitative estimate of drug-likeness (QED) is 0.809. The summed E-state index contributed by atoms with van der Waals surface area (Å²) < 4.78 is 5.19. The number of carbonyl (C=O) groups excluding carboxylic acids is 2. The SMILES string of the molecule is COc1ccc([C@H]2CCN(C(=O)c3ccccc3C(C)=O)C2)cc1. The van der Waals surface area contributed by atoms with Gasteiger partial charge in [-0.1, -0.05) is 30.3 Å². The van der Waals surface area contributed by atoms with Crippen LogP contribution in [0.4, 0.5) is 0 Å². The lowest BCUT2D eigenvalue weighted by Gasteiger charge is -2.18. The van der Waals surface area contributed by atoms with E-state index in [-0.39, 0.29) is 11.7 Å². The first-order valence-corrected chi connectivity index (χ1v) is 8.13. The number of rotatable bonds is 4. The molecule has 0 N–H and O–H groups in total. The van der Waals surface area contributed by atoms with Gasteiger partial charge in [-0.15, -0.1) is 0 Å². The number of hydrogen-bond acceptors (Lipinski definition) is 3. The first-order valence-electron chi connectivity index (χ1n) is 8.13. The van der Waals surface area contributed by atoms with Crippen molar-refractivity contribution in [2.75, 3.05) is 20.2 Å². The van der Waals surface area contributed by atoms with Crippen LogP contribution in [0.15, 0.2) is 48.5 Å². The molecule has 1 atom stereocenters. The zero-order chi connectivity index (χ0) is 17.1. The summed E-state index contributed by atoms with van der Waals surface area (Å²) in [5, 5.41) is 0. The number of methoxy groups -OCH3 is 1. The molecule has 0 radical (unpaired) electrons. The lowest BCUT2D eigenvalue weighted by Crippen LogP contribution is -2.29. The van der Waals surface area contributed by atoms with Gasteiger partial charge in [0.1, 0.15) is 5.75 Å². The third-order valence-corrected chi connectivity index (χ3v) is 4.60. The third kappa shape index (κ3) is 3.18. The average Bonchev–Trinajstić information content (AvgIpc) is 3.11. The normalized spacial score (nSPS) is 16.9. The number of carbonyl (C=O) groups is 2. The number of likely N-dealkylation sites (tertiary alicyclic amines) is 1. The Balaban J connectivity index is 1.75. The van der Waals surface area contributed by atoms with Crippen molar-refractivity contribution >= 4 is 11.7 Å². The highest BCUT2D eigenvalue weighted by molar-refractivity contribution is 6.07. The smallest absolute Gasteiger partial charge is 0.254 e. The molecule has 0 unspecified atom stereocenters. The second-order valence-electron chi connectivity index (χ2n) is 6.11. The Morgan fingerprint density at radius 2 is 1.71 bits per heavy atom. The maximum Gasteiger partial charge on any atom is 0.254 e. The van der Waals surface area contributed by atoms with Crippen LogP contribution in [0.5, 0.6) is 5.75 Å². The van der Waals surface area contributed by atoms with E-state index in [9.17, 15) is 9.59 Å². The van der Waals surface area contributed by atoms with E-state index in [1.165, 1.54) is 12.5 Å². The molecular formula is C20H21NO3. The van der Waals surface area contributed by atoms with Gasteiger partial charge in [-0.05, 0) is 37.1 Å². The van der Waals surface area contributed by atoms with Crippen LogP contribution in [-0.4, -0.2) is 36.8 Å². The summed E-state index contributed by atoms with van der Waals surface area (Å²) in [4.78, 5) is 26.4. The molecule has 0 saturated carbocycles. The minimum atomic E-state index is -0.0788. The number of Topliss-reactive ketones (excluding diaryl/α,β-unsaturated/α-hetero) is 1. The summed E-state index contributed by atoms with van der Waals surface area (Å²) in [5.41, 5.74) is 2.21. The molecule has 1 fully saturated rings. The van der Waals surface area contributed by atoms with E-state index < -0.39 is 0 Å². The van der Waals surface area contributed by atoms with E-state index in [1.807, 2.05) is 17.0 Å². The molecule has 1 aliphatic rings. The molecular weight excluding hydrogens is 302 g/mol. The lowest BCUT2D eigenvalue weighted by atomic mass is 9.98. The Hall–Kier alpha value is -2.62. The highest BCUT2D eigenvalue weighted by atomic mass is 16.5. The summed E-state index contributed by atoms with van der Waals surface area (Å²) >= 11 is 0. The summed E-state index contributed by atoms with van der Waals surface area (Å²) in [7, 11) is 1.65. The Morgan fingerprint density at radius 1 is 1.04 bits per heavy atom. The summed E-state index contributed by atoms with van der Waals surface area (Å²) in [5.74, 6) is 1.02. The van der Waals surface area contributed by atoms with Crippen molar-refractivity contribution in [2.24, 2.45) is 0 Å². The first-order chi connectivity index (χ1) is 11.6. The highest BCUT2D eigenvalue weighted by Gasteiger charge is 2.29. The maximum absolute atomic E-state index is 12.8. The van der Waals surface area contributed by atoms with Crippen molar-refractivity contribution in [1.29, 1.82) is 0 Å². The molecule has 1 aliphatic heterocycles. The summed E-state index contributed by atoms with van der Waals surface area (Å²) in [6, 6.07) is 15.1. The van der Waals surface area contributed by atoms with E-state index >= 15 is 0 Å². The molecule has 0 spiro atoms. The van der Waals surface area contributed by atoms with Crippen LogP contribution < -0.4 is 4.74 Å². The molecule has 2 aromatic carbocycles. The van der Waals surface area contributed by atoms with Crippen molar-refractivity contribution in [1.82, 2.24) is 4.90 Å². The monoisotopic (exact) mass is 323 g/mol. The maximum atomic E-state index is 12.8. The van der Waals surface area contributed by atoms with Gasteiger partial charge in [0.25, 0.3) is 5.91 Å². The number of ketones is 1. The predicted octanol–water partition coefficient (Wildman–Crippen LogP) is 3.53. The second kappa shape index (κ2) is 6.87. The van der Waals surface area contributed by atoms with Gasteiger partial charge in [0.15, 0.2) is 5.78 Å². The van der Waals surface area contributed by atoms with Crippen molar-refractivity contribution in [3.05, 3.63) is 65.2 Å². The number of amides is 1. The zero-order valence-electron chi connectivity index (χ0n) is 14.0. The summed E-state index contributed by atoms with van der Waals surface area (Å²) in [6.07, 6.45) is 0.931. The van der Waals surface area contributed by atoms with Gasteiger partial charge in [0.05, 0.1) is 12.7 Å². The van der Waals surface area contributed by atoms with Gasteiger partial charge < -0.3 is 9.64 Å². The Kier molecular flexibility index (Phi) is 4.65. The number of benzene rings is 2. The van der Waals surface area contributed by atoms with Crippen LogP contribution in [0, 0.1) is 0 Å². The Morgan fingerprint density at radius 3 is 2.33 bits per heavy atom. The Labute approximate surface area is 142 Å². The third-order valence-electron chi connectivity index (χ3n) is 4.60. The zero-order valence-corrected chi connectivity index (χ0v) is 14.0. The molecule has 3 rings (SSSR count). The Bertz CT molecular complexity index is 752. The predicted molar refractivity (Wildman–Crippen MR) is 92.7 cm³/mol. The van der Waals surface area contributed by atoms with Gasteiger partial charge in [-0.25, -0.2) is 0 Å². The molecule has 0 aliphatic carbocycles. The van der Waals surface area contributed by atoms with Crippen LogP contribution in [0.1, 0.15) is 45.5 Å². The fraction of sp³-hybridized carbons (Fsp3) is 0.300. The van der Waals surface area contributed by atoms with E-state index in [2.05, 4.69) is 12.1 Å². The largest absolute Gasteiger partial charge is 0.497 e. The average molecular weight is 323 g/mol. The molecule has 4 heteroatoms. The summed E-state index contributed by atoms with van der Waals surface area (Å²) in [6.45, 7) is 2.88. The molecule has 2 aromatic rings. The molecule has 24 heavy (non-hydrogen) atoms. The molecule has 0 aromatic heterocycles.